The lowest BCUT2D eigenvalue weighted by Gasteiger charge is -2.36. The minimum absolute atomic E-state index is 0.00388. The maximum absolute atomic E-state index is 15.2. The lowest BCUT2D eigenvalue weighted by molar-refractivity contribution is -0.00795. The number of allylic oxidation sites excluding steroid dienone is 5. The van der Waals surface area contributed by atoms with Gasteiger partial charge < -0.3 is 4.74 Å². The summed E-state index contributed by atoms with van der Waals surface area (Å²) >= 11 is 0. The molecule has 198 valence electrons. The summed E-state index contributed by atoms with van der Waals surface area (Å²) in [6, 6.07) is 0. The van der Waals surface area contributed by atoms with Crippen molar-refractivity contribution in [1.82, 2.24) is 0 Å². The quantitative estimate of drug-likeness (QED) is 0.304. The Balaban J connectivity index is 1.25. The van der Waals surface area contributed by atoms with Crippen LogP contribution in [0.1, 0.15) is 104 Å². The molecule has 0 aromatic carbocycles. The molecular formula is C30H44F4O. The summed E-state index contributed by atoms with van der Waals surface area (Å²) in [5, 5.41) is 0. The highest BCUT2D eigenvalue weighted by Gasteiger charge is 2.37. The van der Waals surface area contributed by atoms with Crippen molar-refractivity contribution in [3.63, 3.8) is 0 Å². The highest BCUT2D eigenvalue weighted by atomic mass is 19.2. The van der Waals surface area contributed by atoms with Crippen LogP contribution in [0.2, 0.25) is 0 Å². The average molecular weight is 497 g/mol. The van der Waals surface area contributed by atoms with Gasteiger partial charge in [0.15, 0.2) is 5.83 Å². The summed E-state index contributed by atoms with van der Waals surface area (Å²) < 4.78 is 65.1. The predicted octanol–water partition coefficient (Wildman–Crippen LogP) is 9.85. The molecule has 1 nitrogen and oxygen atoms in total. The van der Waals surface area contributed by atoms with E-state index in [0.29, 0.717) is 31.3 Å². The van der Waals surface area contributed by atoms with Crippen molar-refractivity contribution < 1.29 is 22.3 Å². The summed E-state index contributed by atoms with van der Waals surface area (Å²) in [5.74, 6) is -2.38. The standard InChI is InChI=1S/C30H44F4O/c1-3-5-22-10-11-23(28(32)27(22)31)18-35-24-14-12-21(13-15-24)26-17-16-25(29(33)30(26)34)20-8-6-19(4-2)7-9-20/h16,19-24,26H,3-15,17-18H2,1-2H3. The maximum Gasteiger partial charge on any atom is 0.158 e. The molecule has 0 radical (unpaired) electrons. The molecular weight excluding hydrogens is 452 g/mol. The van der Waals surface area contributed by atoms with Gasteiger partial charge in [0, 0.05) is 17.8 Å². The number of halogens is 4. The lowest BCUT2D eigenvalue weighted by Crippen LogP contribution is -2.30. The average Bonchev–Trinajstić information content (AvgIpc) is 2.88. The van der Waals surface area contributed by atoms with E-state index < -0.39 is 29.2 Å². The fraction of sp³-hybridized carbons (Fsp3) is 0.800. The van der Waals surface area contributed by atoms with E-state index in [-0.39, 0.29) is 36.4 Å². The van der Waals surface area contributed by atoms with E-state index in [4.69, 9.17) is 4.74 Å². The van der Waals surface area contributed by atoms with Crippen LogP contribution in [0.3, 0.4) is 0 Å². The van der Waals surface area contributed by atoms with Crippen molar-refractivity contribution in [2.75, 3.05) is 6.61 Å². The first-order valence-corrected chi connectivity index (χ1v) is 14.3. The van der Waals surface area contributed by atoms with Crippen LogP contribution in [0.5, 0.6) is 0 Å². The minimum Gasteiger partial charge on any atom is -0.377 e. The Kier molecular flexibility index (Phi) is 9.57. The summed E-state index contributed by atoms with van der Waals surface area (Å²) in [6.45, 7) is 4.42. The van der Waals surface area contributed by atoms with Gasteiger partial charge in [0.2, 0.25) is 0 Å². The fourth-order valence-electron chi connectivity index (χ4n) is 7.11. The summed E-state index contributed by atoms with van der Waals surface area (Å²) in [4.78, 5) is 0. The Morgan fingerprint density at radius 3 is 2.09 bits per heavy atom. The molecule has 5 heteroatoms. The van der Waals surface area contributed by atoms with Gasteiger partial charge in [-0.2, -0.15) is 0 Å². The molecule has 0 aliphatic heterocycles. The van der Waals surface area contributed by atoms with Crippen LogP contribution in [0.4, 0.5) is 17.6 Å². The lowest BCUT2D eigenvalue weighted by atomic mass is 9.72. The van der Waals surface area contributed by atoms with E-state index in [1.54, 1.807) is 0 Å². The zero-order valence-corrected chi connectivity index (χ0v) is 21.6. The smallest absolute Gasteiger partial charge is 0.158 e. The third kappa shape index (κ3) is 6.25. The molecule has 0 aromatic heterocycles. The van der Waals surface area contributed by atoms with Gasteiger partial charge >= 0.3 is 0 Å². The Labute approximate surface area is 209 Å². The predicted molar refractivity (Wildman–Crippen MR) is 133 cm³/mol. The van der Waals surface area contributed by atoms with Gasteiger partial charge in [-0.3, -0.25) is 0 Å². The molecule has 4 aliphatic rings. The molecule has 35 heavy (non-hydrogen) atoms. The normalized spacial score (nSPS) is 37.0. The van der Waals surface area contributed by atoms with Gasteiger partial charge in [-0.05, 0) is 100 Å². The first-order valence-electron chi connectivity index (χ1n) is 14.3. The number of ether oxygens (including phenoxy) is 1. The molecule has 0 amide bonds. The third-order valence-corrected chi connectivity index (χ3v) is 9.51. The van der Waals surface area contributed by atoms with Crippen LogP contribution >= 0.6 is 0 Å². The molecule has 2 fully saturated rings. The number of hydrogen-bond acceptors (Lipinski definition) is 1. The van der Waals surface area contributed by atoms with Gasteiger partial charge in [-0.25, -0.2) is 17.6 Å². The molecule has 0 aromatic rings. The summed E-state index contributed by atoms with van der Waals surface area (Å²) in [6.07, 6.45) is 13.9. The minimum atomic E-state index is -0.612. The van der Waals surface area contributed by atoms with Crippen molar-refractivity contribution in [2.24, 2.45) is 35.5 Å². The molecule has 3 atom stereocenters. The maximum atomic E-state index is 15.2. The van der Waals surface area contributed by atoms with Gasteiger partial charge in [0.25, 0.3) is 0 Å². The Morgan fingerprint density at radius 2 is 1.43 bits per heavy atom. The van der Waals surface area contributed by atoms with Crippen LogP contribution < -0.4 is 0 Å². The number of rotatable bonds is 8. The molecule has 0 bridgehead atoms. The molecule has 0 heterocycles. The fourth-order valence-corrected chi connectivity index (χ4v) is 7.11. The molecule has 3 unspecified atom stereocenters. The van der Waals surface area contributed by atoms with Crippen molar-refractivity contribution in [3.05, 3.63) is 35.0 Å². The molecule has 4 rings (SSSR count). The van der Waals surface area contributed by atoms with Gasteiger partial charge in [0.05, 0.1) is 12.7 Å². The van der Waals surface area contributed by atoms with Crippen LogP contribution in [0, 0.1) is 35.5 Å². The van der Waals surface area contributed by atoms with Gasteiger partial charge in [0.1, 0.15) is 17.5 Å². The topological polar surface area (TPSA) is 9.23 Å². The highest BCUT2D eigenvalue weighted by molar-refractivity contribution is 5.35. The Bertz CT molecular complexity index is 799. The first-order chi connectivity index (χ1) is 16.9. The highest BCUT2D eigenvalue weighted by Crippen LogP contribution is 2.47. The van der Waals surface area contributed by atoms with E-state index in [0.717, 1.165) is 63.7 Å². The van der Waals surface area contributed by atoms with Crippen LogP contribution in [-0.4, -0.2) is 12.7 Å². The second kappa shape index (κ2) is 12.4. The van der Waals surface area contributed by atoms with E-state index in [1.165, 1.54) is 6.42 Å². The zero-order valence-electron chi connectivity index (χ0n) is 21.6. The van der Waals surface area contributed by atoms with Crippen molar-refractivity contribution >= 4 is 0 Å². The van der Waals surface area contributed by atoms with E-state index >= 15 is 8.78 Å². The van der Waals surface area contributed by atoms with Crippen molar-refractivity contribution in [1.29, 1.82) is 0 Å². The Hall–Kier alpha value is -1.10. The summed E-state index contributed by atoms with van der Waals surface area (Å²) in [7, 11) is 0. The first kappa shape index (κ1) is 26.9. The van der Waals surface area contributed by atoms with E-state index in [2.05, 4.69) is 6.92 Å². The molecule has 2 saturated carbocycles. The van der Waals surface area contributed by atoms with Gasteiger partial charge in [-0.15, -0.1) is 0 Å². The molecule has 4 aliphatic carbocycles. The number of hydrogen-bond donors (Lipinski definition) is 0. The van der Waals surface area contributed by atoms with Gasteiger partial charge in [-0.1, -0.05) is 32.8 Å². The van der Waals surface area contributed by atoms with Crippen molar-refractivity contribution in [3.8, 4) is 0 Å². The largest absolute Gasteiger partial charge is 0.377 e. The second-order valence-corrected chi connectivity index (χ2v) is 11.6. The van der Waals surface area contributed by atoms with E-state index in [1.807, 2.05) is 13.0 Å². The molecule has 0 spiro atoms. The zero-order chi connectivity index (χ0) is 24.9. The molecule has 0 N–H and O–H groups in total. The summed E-state index contributed by atoms with van der Waals surface area (Å²) in [5.41, 5.74) is 0.626. The monoisotopic (exact) mass is 496 g/mol. The van der Waals surface area contributed by atoms with Crippen LogP contribution in [0.15, 0.2) is 35.0 Å². The van der Waals surface area contributed by atoms with Crippen LogP contribution in [-0.2, 0) is 4.74 Å². The Morgan fingerprint density at radius 1 is 0.771 bits per heavy atom. The van der Waals surface area contributed by atoms with E-state index in [9.17, 15) is 8.78 Å². The van der Waals surface area contributed by atoms with Crippen LogP contribution in [0.25, 0.3) is 0 Å². The third-order valence-electron chi connectivity index (χ3n) is 9.51. The second-order valence-electron chi connectivity index (χ2n) is 11.6. The SMILES string of the molecule is CCCC1CCC(COC2CCC(C3CC=C(C4CCC(CC)CC4)C(F)=C3F)CC2)C(F)=C1F. The van der Waals surface area contributed by atoms with Crippen molar-refractivity contribution in [2.45, 2.75) is 110 Å². The molecule has 0 saturated heterocycles.